The number of anilines is 1. The van der Waals surface area contributed by atoms with Gasteiger partial charge in [0.15, 0.2) is 0 Å². The summed E-state index contributed by atoms with van der Waals surface area (Å²) in [5, 5.41) is 22.5. The van der Waals surface area contributed by atoms with Crippen LogP contribution in [-0.2, 0) is 6.54 Å². The molecule has 3 rings (SSSR count). The van der Waals surface area contributed by atoms with Gasteiger partial charge in [0.05, 0.1) is 6.54 Å². The lowest BCUT2D eigenvalue weighted by molar-refractivity contribution is -0.142. The molecule has 0 spiro atoms. The fourth-order valence-electron chi connectivity index (χ4n) is 4.17. The van der Waals surface area contributed by atoms with Crippen molar-refractivity contribution in [3.63, 3.8) is 0 Å². The van der Waals surface area contributed by atoms with Gasteiger partial charge in [-0.1, -0.05) is 88.3 Å². The molecule has 4 nitrogen and oxygen atoms in total. The molecule has 2 aromatic carbocycles. The third-order valence-corrected chi connectivity index (χ3v) is 5.68. The number of nitrogens with zero attached hydrogens (tertiary/aromatic N) is 2. The molecule has 0 bridgehead atoms. The Morgan fingerprint density at radius 1 is 0.857 bits per heavy atom. The Labute approximate surface area is 169 Å². The number of phenols is 1. The first-order valence-corrected chi connectivity index (χ1v) is 10.8. The first kappa shape index (κ1) is 20.7. The average Bonchev–Trinajstić information content (AvgIpc) is 2.70. The van der Waals surface area contributed by atoms with E-state index in [1.807, 2.05) is 24.3 Å². The van der Waals surface area contributed by atoms with E-state index in [1.54, 1.807) is 6.07 Å². The van der Waals surface area contributed by atoms with Gasteiger partial charge in [-0.3, -0.25) is 0 Å². The van der Waals surface area contributed by atoms with Crippen molar-refractivity contribution in [1.29, 1.82) is 0 Å². The molecule has 28 heavy (non-hydrogen) atoms. The van der Waals surface area contributed by atoms with Gasteiger partial charge in [-0.05, 0) is 24.1 Å². The van der Waals surface area contributed by atoms with Gasteiger partial charge in [-0.2, -0.15) is 5.06 Å². The van der Waals surface area contributed by atoms with E-state index in [4.69, 9.17) is 0 Å². The second-order valence-electron chi connectivity index (χ2n) is 7.83. The highest BCUT2D eigenvalue weighted by atomic mass is 16.5. The van der Waals surface area contributed by atoms with Crippen LogP contribution in [0.2, 0.25) is 0 Å². The van der Waals surface area contributed by atoms with Gasteiger partial charge in [-0.15, -0.1) is 0 Å². The molecule has 2 aromatic rings. The Bertz CT molecular complexity index is 734. The van der Waals surface area contributed by atoms with E-state index in [2.05, 4.69) is 30.0 Å². The van der Waals surface area contributed by atoms with E-state index in [-0.39, 0.29) is 11.9 Å². The van der Waals surface area contributed by atoms with Crippen LogP contribution in [0, 0.1) is 0 Å². The molecular weight excluding hydrogens is 348 g/mol. The van der Waals surface area contributed by atoms with E-state index in [0.29, 0.717) is 6.54 Å². The normalized spacial score (nSPS) is 16.9. The van der Waals surface area contributed by atoms with Crippen molar-refractivity contribution in [1.82, 2.24) is 5.06 Å². The summed E-state index contributed by atoms with van der Waals surface area (Å²) in [5.74, 6) is 0.229. The van der Waals surface area contributed by atoms with Crippen molar-refractivity contribution in [2.75, 3.05) is 11.4 Å². The van der Waals surface area contributed by atoms with Gasteiger partial charge in [0, 0.05) is 17.8 Å². The van der Waals surface area contributed by atoms with Gasteiger partial charge >= 0.3 is 0 Å². The smallest absolute Gasteiger partial charge is 0.135 e. The van der Waals surface area contributed by atoms with Gasteiger partial charge in [0.25, 0.3) is 0 Å². The minimum absolute atomic E-state index is 0.229. The van der Waals surface area contributed by atoms with Crippen LogP contribution < -0.4 is 4.90 Å². The summed E-state index contributed by atoms with van der Waals surface area (Å²) in [6.07, 6.45) is 9.83. The van der Waals surface area contributed by atoms with Gasteiger partial charge < -0.3 is 15.2 Å². The Morgan fingerprint density at radius 2 is 1.50 bits per heavy atom. The summed E-state index contributed by atoms with van der Waals surface area (Å²) in [5.41, 5.74) is 3.03. The highest BCUT2D eigenvalue weighted by Gasteiger charge is 2.33. The molecule has 0 amide bonds. The lowest BCUT2D eigenvalue weighted by Crippen LogP contribution is -2.44. The predicted octanol–water partition coefficient (Wildman–Crippen LogP) is 6.24. The number of fused-ring (bicyclic) bond motifs is 1. The molecule has 1 atom stereocenters. The van der Waals surface area contributed by atoms with Crippen molar-refractivity contribution in [2.45, 2.75) is 71.0 Å². The second-order valence-corrected chi connectivity index (χ2v) is 7.83. The maximum atomic E-state index is 10.8. The Kier molecular flexibility index (Phi) is 7.75. The minimum atomic E-state index is -0.361. The summed E-state index contributed by atoms with van der Waals surface area (Å²) >= 11 is 0. The number of phenolic OH excluding ortho intramolecular Hbond substituents is 1. The molecule has 1 aliphatic rings. The lowest BCUT2D eigenvalue weighted by Gasteiger charge is -2.43. The standard InChI is InChI=1S/C24H34N2O2/c1-2-3-4-5-6-7-8-13-18-25-22-16-11-9-14-20(22)19-26(28)24(25)21-15-10-12-17-23(21)27/h9-12,14-17,24,27-28H,2-8,13,18-19H2,1H3. The first-order valence-electron chi connectivity index (χ1n) is 10.8. The van der Waals surface area contributed by atoms with Crippen molar-refractivity contribution >= 4 is 5.69 Å². The summed E-state index contributed by atoms with van der Waals surface area (Å²) in [7, 11) is 0. The SMILES string of the molecule is CCCCCCCCCCN1c2ccccc2CN(O)C1c1ccccc1O. The molecule has 2 N–H and O–H groups in total. The maximum Gasteiger partial charge on any atom is 0.135 e. The molecule has 0 saturated carbocycles. The monoisotopic (exact) mass is 382 g/mol. The molecule has 0 saturated heterocycles. The van der Waals surface area contributed by atoms with Crippen LogP contribution in [0.4, 0.5) is 5.69 Å². The number of hydrogen-bond acceptors (Lipinski definition) is 4. The van der Waals surface area contributed by atoms with E-state index in [1.165, 1.54) is 50.0 Å². The molecule has 0 aromatic heterocycles. The summed E-state index contributed by atoms with van der Waals surface area (Å²) in [6, 6.07) is 15.6. The predicted molar refractivity (Wildman–Crippen MR) is 115 cm³/mol. The zero-order valence-electron chi connectivity index (χ0n) is 17.1. The quantitative estimate of drug-likeness (QED) is 0.477. The third kappa shape index (κ3) is 5.06. The van der Waals surface area contributed by atoms with Gasteiger partial charge in [0.1, 0.15) is 11.9 Å². The first-order chi connectivity index (χ1) is 13.7. The van der Waals surface area contributed by atoms with E-state index >= 15 is 0 Å². The van der Waals surface area contributed by atoms with Crippen LogP contribution in [0.1, 0.15) is 75.6 Å². The number of hydrogen-bond donors (Lipinski definition) is 2. The highest BCUT2D eigenvalue weighted by Crippen LogP contribution is 2.40. The molecule has 1 heterocycles. The number of benzene rings is 2. The van der Waals surface area contributed by atoms with Crippen LogP contribution in [-0.4, -0.2) is 21.9 Å². The fraction of sp³-hybridized carbons (Fsp3) is 0.500. The molecule has 0 radical (unpaired) electrons. The number of para-hydroxylation sites is 2. The molecular formula is C24H34N2O2. The Balaban J connectivity index is 1.68. The largest absolute Gasteiger partial charge is 0.508 e. The number of unbranched alkanes of at least 4 members (excludes halogenated alkanes) is 7. The topological polar surface area (TPSA) is 46.9 Å². The molecule has 1 unspecified atom stereocenters. The average molecular weight is 383 g/mol. The van der Waals surface area contributed by atoms with Crippen molar-refractivity contribution < 1.29 is 10.3 Å². The van der Waals surface area contributed by atoms with Gasteiger partial charge in [0.2, 0.25) is 0 Å². The third-order valence-electron chi connectivity index (χ3n) is 5.68. The number of rotatable bonds is 10. The van der Waals surface area contributed by atoms with Crippen LogP contribution in [0.15, 0.2) is 48.5 Å². The molecule has 0 aliphatic carbocycles. The summed E-state index contributed by atoms with van der Waals surface area (Å²) in [6.45, 7) is 3.58. The van der Waals surface area contributed by atoms with Crippen LogP contribution in [0.25, 0.3) is 0 Å². The zero-order valence-corrected chi connectivity index (χ0v) is 17.1. The van der Waals surface area contributed by atoms with Crippen molar-refractivity contribution in [3.8, 4) is 5.75 Å². The molecule has 4 heteroatoms. The fourth-order valence-corrected chi connectivity index (χ4v) is 4.17. The lowest BCUT2D eigenvalue weighted by atomic mass is 10.0. The van der Waals surface area contributed by atoms with E-state index in [0.717, 1.165) is 29.8 Å². The summed E-state index contributed by atoms with van der Waals surface area (Å²) in [4.78, 5) is 2.24. The van der Waals surface area contributed by atoms with Crippen molar-refractivity contribution in [2.24, 2.45) is 0 Å². The van der Waals surface area contributed by atoms with Crippen LogP contribution >= 0.6 is 0 Å². The van der Waals surface area contributed by atoms with E-state index in [9.17, 15) is 10.3 Å². The maximum absolute atomic E-state index is 10.8. The van der Waals surface area contributed by atoms with Gasteiger partial charge in [-0.25, -0.2) is 0 Å². The minimum Gasteiger partial charge on any atom is -0.508 e. The Hall–Kier alpha value is -2.04. The number of hydroxylamine groups is 2. The highest BCUT2D eigenvalue weighted by molar-refractivity contribution is 5.58. The Morgan fingerprint density at radius 3 is 2.25 bits per heavy atom. The van der Waals surface area contributed by atoms with Crippen LogP contribution in [0.3, 0.4) is 0 Å². The zero-order chi connectivity index (χ0) is 19.8. The molecule has 152 valence electrons. The summed E-state index contributed by atoms with van der Waals surface area (Å²) < 4.78 is 0. The number of aromatic hydroxyl groups is 1. The van der Waals surface area contributed by atoms with E-state index < -0.39 is 0 Å². The second kappa shape index (κ2) is 10.5. The molecule has 0 fully saturated rings. The van der Waals surface area contributed by atoms with Crippen LogP contribution in [0.5, 0.6) is 5.75 Å². The molecule has 1 aliphatic heterocycles. The van der Waals surface area contributed by atoms with Crippen molar-refractivity contribution in [3.05, 3.63) is 59.7 Å².